The third-order valence-electron chi connectivity index (χ3n) is 1.78. The molecule has 70 valence electrons. The molecule has 0 aromatic heterocycles. The molecule has 0 bridgehead atoms. The Bertz CT molecular complexity index is 286. The molecular formula is C9H11NO3. The molecule has 0 unspecified atom stereocenters. The number of hydrogen-bond acceptors (Lipinski definition) is 3. The molecule has 0 aliphatic carbocycles. The first-order valence-corrected chi connectivity index (χ1v) is 3.84. The average Bonchev–Trinajstić information content (AvgIpc) is 2.17. The van der Waals surface area contributed by atoms with Crippen LogP contribution in [0.3, 0.4) is 0 Å². The third-order valence-corrected chi connectivity index (χ3v) is 1.78. The van der Waals surface area contributed by atoms with Crippen molar-refractivity contribution in [2.75, 3.05) is 0 Å². The van der Waals surface area contributed by atoms with E-state index in [1.165, 1.54) is 0 Å². The van der Waals surface area contributed by atoms with Gasteiger partial charge in [-0.05, 0) is 5.56 Å². The molecule has 0 aliphatic rings. The highest BCUT2D eigenvalue weighted by Gasteiger charge is 2.22. The number of hydrogen-bond donors (Lipinski definition) is 3. The topological polar surface area (TPSA) is 83.5 Å². The van der Waals surface area contributed by atoms with Crippen molar-refractivity contribution < 1.29 is 15.0 Å². The van der Waals surface area contributed by atoms with Crippen molar-refractivity contribution in [2.24, 2.45) is 5.73 Å². The highest BCUT2D eigenvalue weighted by molar-refractivity contribution is 5.73. The number of carbonyl (C=O) groups is 1. The van der Waals surface area contributed by atoms with Crippen LogP contribution in [-0.2, 0) is 4.79 Å². The van der Waals surface area contributed by atoms with Crippen molar-refractivity contribution in [2.45, 2.75) is 12.1 Å². The van der Waals surface area contributed by atoms with Gasteiger partial charge in [0.1, 0.15) is 0 Å². The van der Waals surface area contributed by atoms with E-state index in [-0.39, 0.29) is 0 Å². The molecule has 0 saturated carbocycles. The number of nitrogens with two attached hydrogens (primary N) is 1. The Morgan fingerprint density at radius 3 is 2.31 bits per heavy atom. The van der Waals surface area contributed by atoms with Crippen molar-refractivity contribution in [1.29, 1.82) is 0 Å². The van der Waals surface area contributed by atoms with Gasteiger partial charge in [-0.2, -0.15) is 0 Å². The highest BCUT2D eigenvalue weighted by Crippen LogP contribution is 2.13. The normalized spacial score (nSPS) is 14.9. The van der Waals surface area contributed by atoms with E-state index >= 15 is 0 Å². The van der Waals surface area contributed by atoms with Crippen molar-refractivity contribution in [1.82, 2.24) is 0 Å². The van der Waals surface area contributed by atoms with E-state index < -0.39 is 18.1 Å². The molecule has 0 fully saturated rings. The van der Waals surface area contributed by atoms with Gasteiger partial charge in [0.25, 0.3) is 0 Å². The van der Waals surface area contributed by atoms with Crippen LogP contribution < -0.4 is 5.73 Å². The summed E-state index contributed by atoms with van der Waals surface area (Å²) >= 11 is 0. The summed E-state index contributed by atoms with van der Waals surface area (Å²) in [5.74, 6) is -1.31. The molecule has 2 atom stereocenters. The minimum Gasteiger partial charge on any atom is -0.479 e. The monoisotopic (exact) mass is 181 g/mol. The van der Waals surface area contributed by atoms with Gasteiger partial charge in [-0.15, -0.1) is 0 Å². The molecule has 13 heavy (non-hydrogen) atoms. The number of aliphatic hydroxyl groups excluding tert-OH is 1. The van der Waals surface area contributed by atoms with Crippen molar-refractivity contribution in [3.63, 3.8) is 0 Å². The molecule has 1 rings (SSSR count). The largest absolute Gasteiger partial charge is 0.479 e. The molecule has 0 amide bonds. The summed E-state index contributed by atoms with van der Waals surface area (Å²) in [4.78, 5) is 10.4. The van der Waals surface area contributed by atoms with Gasteiger partial charge >= 0.3 is 5.97 Å². The van der Waals surface area contributed by atoms with Crippen LogP contribution in [0.5, 0.6) is 0 Å². The number of benzene rings is 1. The fourth-order valence-corrected chi connectivity index (χ4v) is 1.01. The van der Waals surface area contributed by atoms with Crippen molar-refractivity contribution in [3.8, 4) is 0 Å². The zero-order chi connectivity index (χ0) is 9.84. The summed E-state index contributed by atoms with van der Waals surface area (Å²) < 4.78 is 0. The maximum atomic E-state index is 10.4. The quantitative estimate of drug-likeness (QED) is 0.619. The van der Waals surface area contributed by atoms with Crippen molar-refractivity contribution in [3.05, 3.63) is 35.9 Å². The molecule has 4 nitrogen and oxygen atoms in total. The van der Waals surface area contributed by atoms with Gasteiger partial charge in [0.05, 0.1) is 6.04 Å². The van der Waals surface area contributed by atoms with Crippen LogP contribution >= 0.6 is 0 Å². The molecule has 1 aromatic rings. The van der Waals surface area contributed by atoms with Crippen molar-refractivity contribution >= 4 is 5.97 Å². The maximum absolute atomic E-state index is 10.4. The van der Waals surface area contributed by atoms with Gasteiger partial charge in [0, 0.05) is 0 Å². The van der Waals surface area contributed by atoms with Crippen LogP contribution in [0.4, 0.5) is 0 Å². The second kappa shape index (κ2) is 4.02. The summed E-state index contributed by atoms with van der Waals surface area (Å²) in [6.07, 6.45) is -1.55. The van der Waals surface area contributed by atoms with Crippen LogP contribution in [-0.4, -0.2) is 22.3 Å². The Morgan fingerprint density at radius 1 is 1.31 bits per heavy atom. The van der Waals surface area contributed by atoms with Crippen LogP contribution in [0.2, 0.25) is 0 Å². The lowest BCUT2D eigenvalue weighted by Gasteiger charge is -2.14. The summed E-state index contributed by atoms with van der Waals surface area (Å²) in [5.41, 5.74) is 6.12. The highest BCUT2D eigenvalue weighted by atomic mass is 16.4. The van der Waals surface area contributed by atoms with Crippen LogP contribution in [0.25, 0.3) is 0 Å². The number of rotatable bonds is 3. The molecule has 4 heteroatoms. The summed E-state index contributed by atoms with van der Waals surface area (Å²) in [6, 6.07) is 7.75. The third kappa shape index (κ3) is 2.27. The summed E-state index contributed by atoms with van der Waals surface area (Å²) in [5, 5.41) is 17.6. The van der Waals surface area contributed by atoms with Crippen LogP contribution in [0, 0.1) is 0 Å². The number of carboxylic acid groups (broad SMARTS) is 1. The number of carboxylic acids is 1. The molecule has 0 heterocycles. The smallest absolute Gasteiger partial charge is 0.334 e. The minimum atomic E-state index is -1.55. The Hall–Kier alpha value is -1.39. The average molecular weight is 181 g/mol. The number of aliphatic carboxylic acids is 1. The zero-order valence-corrected chi connectivity index (χ0v) is 6.92. The van der Waals surface area contributed by atoms with E-state index in [2.05, 4.69) is 0 Å². The fourth-order valence-electron chi connectivity index (χ4n) is 1.01. The van der Waals surface area contributed by atoms with Gasteiger partial charge in [0.15, 0.2) is 6.10 Å². The molecule has 1 aromatic carbocycles. The predicted molar refractivity (Wildman–Crippen MR) is 47.0 cm³/mol. The summed E-state index contributed by atoms with van der Waals surface area (Å²) in [7, 11) is 0. The molecule has 0 saturated heterocycles. The Kier molecular flexibility index (Phi) is 3.00. The molecule has 0 spiro atoms. The second-order valence-corrected chi connectivity index (χ2v) is 2.72. The van der Waals surface area contributed by atoms with Crippen LogP contribution in [0.1, 0.15) is 11.6 Å². The Balaban J connectivity index is 2.79. The minimum absolute atomic E-state index is 0.609. The standard InChI is InChI=1S/C9H11NO3/c10-7(8(11)9(12)13)6-4-2-1-3-5-6/h1-5,7-8,11H,10H2,(H,12,13)/t7-,8-/m1/s1. The van der Waals surface area contributed by atoms with E-state index in [1.54, 1.807) is 30.3 Å². The molecule has 0 aliphatic heterocycles. The Labute approximate surface area is 75.6 Å². The SMILES string of the molecule is N[C@H](c1ccccc1)[C@@H](O)C(=O)O. The maximum Gasteiger partial charge on any atom is 0.334 e. The van der Waals surface area contributed by atoms with Gasteiger partial charge < -0.3 is 15.9 Å². The first-order chi connectivity index (χ1) is 6.13. The predicted octanol–water partition coefficient (Wildman–Crippen LogP) is 0.132. The lowest BCUT2D eigenvalue weighted by molar-refractivity contribution is -0.147. The van der Waals surface area contributed by atoms with Gasteiger partial charge in [-0.1, -0.05) is 30.3 Å². The van der Waals surface area contributed by atoms with E-state index in [1.807, 2.05) is 0 Å². The first-order valence-electron chi connectivity index (χ1n) is 3.84. The van der Waals surface area contributed by atoms with Gasteiger partial charge in [-0.25, -0.2) is 4.79 Å². The molecule has 0 radical (unpaired) electrons. The molecular weight excluding hydrogens is 170 g/mol. The van der Waals surface area contributed by atoms with Crippen LogP contribution in [0.15, 0.2) is 30.3 Å². The lowest BCUT2D eigenvalue weighted by Crippen LogP contribution is -2.33. The lowest BCUT2D eigenvalue weighted by atomic mass is 10.0. The van der Waals surface area contributed by atoms with E-state index in [4.69, 9.17) is 15.9 Å². The zero-order valence-electron chi connectivity index (χ0n) is 6.92. The first kappa shape index (κ1) is 9.70. The second-order valence-electron chi connectivity index (χ2n) is 2.72. The van der Waals surface area contributed by atoms with Gasteiger partial charge in [-0.3, -0.25) is 0 Å². The van der Waals surface area contributed by atoms with E-state index in [9.17, 15) is 4.79 Å². The molecule has 4 N–H and O–H groups in total. The number of aliphatic hydroxyl groups is 1. The fraction of sp³-hybridized carbons (Fsp3) is 0.222. The van der Waals surface area contributed by atoms with Gasteiger partial charge in [0.2, 0.25) is 0 Å². The van der Waals surface area contributed by atoms with E-state index in [0.29, 0.717) is 5.56 Å². The van der Waals surface area contributed by atoms with E-state index in [0.717, 1.165) is 0 Å². The summed E-state index contributed by atoms with van der Waals surface area (Å²) in [6.45, 7) is 0. The Morgan fingerprint density at radius 2 is 1.85 bits per heavy atom.